The van der Waals surface area contributed by atoms with Gasteiger partial charge >= 0.3 is 0 Å². The molecule has 1 N–H and O–H groups in total. The third-order valence-corrected chi connectivity index (χ3v) is 5.19. The summed E-state index contributed by atoms with van der Waals surface area (Å²) in [6.45, 7) is 5.30. The van der Waals surface area contributed by atoms with Crippen molar-refractivity contribution in [1.29, 1.82) is 0 Å². The molecular formula is C19H23ClN2O4S. The second kappa shape index (κ2) is 8.63. The maximum absolute atomic E-state index is 12.4. The zero-order chi connectivity index (χ0) is 20.2. The van der Waals surface area contributed by atoms with E-state index in [1.165, 1.54) is 6.07 Å². The number of carbonyl (C=O) groups excluding carboxylic acids is 1. The highest BCUT2D eigenvalue weighted by atomic mass is 35.5. The van der Waals surface area contributed by atoms with Crippen LogP contribution in [-0.4, -0.2) is 33.2 Å². The van der Waals surface area contributed by atoms with Crippen molar-refractivity contribution in [3.05, 3.63) is 53.1 Å². The quantitative estimate of drug-likeness (QED) is 0.752. The summed E-state index contributed by atoms with van der Waals surface area (Å²) in [7, 11) is -3.66. The van der Waals surface area contributed by atoms with Crippen LogP contribution in [0.5, 0.6) is 5.75 Å². The summed E-state index contributed by atoms with van der Waals surface area (Å²) in [6.07, 6.45) is 1.10. The Labute approximate surface area is 165 Å². The van der Waals surface area contributed by atoms with Crippen LogP contribution in [0.25, 0.3) is 0 Å². The number of nitrogens with zero attached hydrogens (tertiary/aromatic N) is 1. The van der Waals surface area contributed by atoms with Crippen molar-refractivity contribution in [1.82, 2.24) is 0 Å². The van der Waals surface area contributed by atoms with Crippen LogP contribution in [0, 0.1) is 6.92 Å². The van der Waals surface area contributed by atoms with E-state index >= 15 is 0 Å². The summed E-state index contributed by atoms with van der Waals surface area (Å²) < 4.78 is 30.9. The molecule has 0 radical (unpaired) electrons. The Kier molecular flexibility index (Phi) is 6.73. The second-order valence-corrected chi connectivity index (χ2v) is 8.76. The number of hydrogen-bond acceptors (Lipinski definition) is 4. The van der Waals surface area contributed by atoms with Gasteiger partial charge in [-0.25, -0.2) is 8.42 Å². The van der Waals surface area contributed by atoms with Crippen LogP contribution in [0.4, 0.5) is 11.4 Å². The van der Waals surface area contributed by atoms with Crippen molar-refractivity contribution >= 4 is 38.9 Å². The number of aryl methyl sites for hydroxylation is 1. The van der Waals surface area contributed by atoms with E-state index in [9.17, 15) is 13.2 Å². The number of anilines is 2. The van der Waals surface area contributed by atoms with Gasteiger partial charge in [0.25, 0.3) is 0 Å². The Morgan fingerprint density at radius 1 is 1.19 bits per heavy atom. The first-order valence-electron chi connectivity index (χ1n) is 8.36. The molecule has 2 aromatic carbocycles. The molecule has 0 unspecified atom stereocenters. The molecule has 0 bridgehead atoms. The van der Waals surface area contributed by atoms with E-state index in [-0.39, 0.29) is 12.6 Å². The zero-order valence-corrected chi connectivity index (χ0v) is 17.3. The maximum atomic E-state index is 12.4. The van der Waals surface area contributed by atoms with Crippen molar-refractivity contribution in [2.45, 2.75) is 26.9 Å². The minimum absolute atomic E-state index is 0.0510. The van der Waals surface area contributed by atoms with Gasteiger partial charge in [0.1, 0.15) is 12.3 Å². The van der Waals surface area contributed by atoms with Gasteiger partial charge in [0, 0.05) is 10.7 Å². The molecule has 0 heterocycles. The minimum atomic E-state index is -3.66. The Morgan fingerprint density at radius 2 is 1.81 bits per heavy atom. The van der Waals surface area contributed by atoms with Gasteiger partial charge in [-0.3, -0.25) is 9.10 Å². The van der Waals surface area contributed by atoms with Gasteiger partial charge in [0.2, 0.25) is 15.9 Å². The fourth-order valence-corrected chi connectivity index (χ4v) is 3.38. The van der Waals surface area contributed by atoms with E-state index in [0.29, 0.717) is 22.1 Å². The van der Waals surface area contributed by atoms with Crippen LogP contribution < -0.4 is 14.4 Å². The number of rotatable bonds is 7. The van der Waals surface area contributed by atoms with Gasteiger partial charge < -0.3 is 10.1 Å². The first kappa shape index (κ1) is 21.1. The SMILES string of the molecule is Cc1ccc(N(CC(=O)Nc2ccc(OC(C)C)cc2)S(C)(=O)=O)cc1Cl. The van der Waals surface area contributed by atoms with Gasteiger partial charge in [0.15, 0.2) is 0 Å². The van der Waals surface area contributed by atoms with Crippen molar-refractivity contribution in [2.24, 2.45) is 0 Å². The first-order chi connectivity index (χ1) is 12.6. The lowest BCUT2D eigenvalue weighted by Gasteiger charge is -2.22. The second-order valence-electron chi connectivity index (χ2n) is 6.44. The van der Waals surface area contributed by atoms with E-state index in [1.807, 2.05) is 20.8 Å². The van der Waals surface area contributed by atoms with Gasteiger partial charge in [0.05, 0.1) is 18.0 Å². The Hall–Kier alpha value is -2.25. The number of hydrogen-bond donors (Lipinski definition) is 1. The van der Waals surface area contributed by atoms with Crippen molar-refractivity contribution in [2.75, 3.05) is 22.4 Å². The molecule has 0 saturated heterocycles. The number of amides is 1. The number of nitrogens with one attached hydrogen (secondary N) is 1. The number of halogens is 1. The smallest absolute Gasteiger partial charge is 0.245 e. The predicted octanol–water partition coefficient (Wildman–Crippen LogP) is 3.84. The molecule has 1 amide bonds. The molecule has 0 aliphatic heterocycles. The van der Waals surface area contributed by atoms with Gasteiger partial charge in [-0.1, -0.05) is 17.7 Å². The number of sulfonamides is 1. The number of ether oxygens (including phenoxy) is 1. The molecule has 0 aliphatic rings. The lowest BCUT2D eigenvalue weighted by atomic mass is 10.2. The normalized spacial score (nSPS) is 11.3. The molecule has 0 aliphatic carbocycles. The average Bonchev–Trinajstić information content (AvgIpc) is 2.56. The summed E-state index contributed by atoms with van der Waals surface area (Å²) in [4.78, 5) is 12.4. The number of benzene rings is 2. The van der Waals surface area contributed by atoms with E-state index in [2.05, 4.69) is 5.32 Å². The molecule has 2 rings (SSSR count). The summed E-state index contributed by atoms with van der Waals surface area (Å²) in [5, 5.41) is 3.12. The van der Waals surface area contributed by atoms with Crippen LogP contribution in [-0.2, 0) is 14.8 Å². The fraction of sp³-hybridized carbons (Fsp3) is 0.316. The monoisotopic (exact) mass is 410 g/mol. The highest BCUT2D eigenvalue weighted by Crippen LogP contribution is 2.25. The highest BCUT2D eigenvalue weighted by Gasteiger charge is 2.21. The summed E-state index contributed by atoms with van der Waals surface area (Å²) in [6, 6.07) is 11.7. The van der Waals surface area contributed by atoms with Crippen LogP contribution >= 0.6 is 11.6 Å². The van der Waals surface area contributed by atoms with Gasteiger partial charge in [-0.15, -0.1) is 0 Å². The Balaban J connectivity index is 2.13. The molecule has 27 heavy (non-hydrogen) atoms. The molecule has 2 aromatic rings. The van der Waals surface area contributed by atoms with E-state index in [4.69, 9.17) is 16.3 Å². The molecular weight excluding hydrogens is 388 g/mol. The summed E-state index contributed by atoms with van der Waals surface area (Å²) >= 11 is 6.09. The molecule has 0 fully saturated rings. The summed E-state index contributed by atoms with van der Waals surface area (Å²) in [5.74, 6) is 0.227. The maximum Gasteiger partial charge on any atom is 0.245 e. The fourth-order valence-electron chi connectivity index (χ4n) is 2.36. The van der Waals surface area contributed by atoms with E-state index in [1.54, 1.807) is 36.4 Å². The van der Waals surface area contributed by atoms with Gasteiger partial charge in [-0.05, 0) is 62.7 Å². The topological polar surface area (TPSA) is 75.7 Å². The van der Waals surface area contributed by atoms with Crippen molar-refractivity contribution in [3.8, 4) is 5.75 Å². The molecule has 0 aromatic heterocycles. The average molecular weight is 411 g/mol. The molecule has 8 heteroatoms. The van der Waals surface area contributed by atoms with Crippen molar-refractivity contribution < 1.29 is 17.9 Å². The molecule has 0 atom stereocenters. The van der Waals surface area contributed by atoms with Crippen LogP contribution in [0.1, 0.15) is 19.4 Å². The summed E-state index contributed by atoms with van der Waals surface area (Å²) in [5.41, 5.74) is 1.71. The standard InChI is InChI=1S/C19H23ClN2O4S/c1-13(2)26-17-9-6-15(7-10-17)21-19(23)12-22(27(4,24)25)16-8-5-14(3)18(20)11-16/h5-11,13H,12H2,1-4H3,(H,21,23). The van der Waals surface area contributed by atoms with E-state index < -0.39 is 15.9 Å². The molecule has 146 valence electrons. The molecule has 0 spiro atoms. The lowest BCUT2D eigenvalue weighted by molar-refractivity contribution is -0.114. The zero-order valence-electron chi connectivity index (χ0n) is 15.7. The van der Waals surface area contributed by atoms with Crippen molar-refractivity contribution in [3.63, 3.8) is 0 Å². The first-order valence-corrected chi connectivity index (χ1v) is 10.6. The van der Waals surface area contributed by atoms with Crippen LogP contribution in [0.3, 0.4) is 0 Å². The Bertz CT molecular complexity index is 912. The van der Waals surface area contributed by atoms with Crippen LogP contribution in [0.2, 0.25) is 5.02 Å². The molecule has 0 saturated carbocycles. The largest absolute Gasteiger partial charge is 0.491 e. The predicted molar refractivity (Wildman–Crippen MR) is 109 cm³/mol. The third-order valence-electron chi connectivity index (χ3n) is 3.64. The third kappa shape index (κ3) is 6.15. The minimum Gasteiger partial charge on any atom is -0.491 e. The van der Waals surface area contributed by atoms with Crippen LogP contribution in [0.15, 0.2) is 42.5 Å². The molecule has 6 nitrogen and oxygen atoms in total. The van der Waals surface area contributed by atoms with E-state index in [0.717, 1.165) is 16.1 Å². The Morgan fingerprint density at radius 3 is 2.33 bits per heavy atom. The van der Waals surface area contributed by atoms with Gasteiger partial charge in [-0.2, -0.15) is 0 Å². The number of carbonyl (C=O) groups is 1. The highest BCUT2D eigenvalue weighted by molar-refractivity contribution is 7.92. The lowest BCUT2D eigenvalue weighted by Crippen LogP contribution is -2.37.